The summed E-state index contributed by atoms with van der Waals surface area (Å²) in [7, 11) is 3.29. The van der Waals surface area contributed by atoms with Crippen molar-refractivity contribution in [1.29, 1.82) is 0 Å². The molecule has 7 nitrogen and oxygen atoms in total. The summed E-state index contributed by atoms with van der Waals surface area (Å²) in [5.41, 5.74) is 2.24. The molecule has 172 valence electrons. The summed E-state index contributed by atoms with van der Waals surface area (Å²) in [5.74, 6) is -0.439. The average molecular weight is 488 g/mol. The van der Waals surface area contributed by atoms with Gasteiger partial charge < -0.3 is 25.8 Å². The molecule has 0 saturated carbocycles. The highest BCUT2D eigenvalue weighted by molar-refractivity contribution is 6.37. The minimum atomic E-state index is -0.532. The topological polar surface area (TPSA) is 99.7 Å². The van der Waals surface area contributed by atoms with E-state index in [1.807, 2.05) is 24.3 Å². The molecule has 9 heteroatoms. The molecule has 0 radical (unpaired) electrons. The van der Waals surface area contributed by atoms with Gasteiger partial charge in [0.25, 0.3) is 11.8 Å². The normalized spacial score (nSPS) is 10.4. The number of anilines is 2. The second-order valence-electron chi connectivity index (χ2n) is 7.04. The molecule has 33 heavy (non-hydrogen) atoms. The maximum absolute atomic E-state index is 13.1. The Bertz CT molecular complexity index is 1160. The standard InChI is InChI=1S/C24H23Cl2N3O4/c1-27-18-7-5-8-19(29-23(31)15-12-16(25)22(30)17(26)13-15)21(18)24(32)28-11-10-14-6-3-4-9-20(14)33-2/h3-9,12-13,27,30H,10-11H2,1-2H3,(H,28,32)(H,29,31). The maximum Gasteiger partial charge on any atom is 0.255 e. The molecule has 0 aromatic heterocycles. The molecular formula is C24H23Cl2N3O4. The SMILES string of the molecule is CNc1cccc(NC(=O)c2cc(Cl)c(O)c(Cl)c2)c1C(=O)NCCc1ccccc1OC. The lowest BCUT2D eigenvalue weighted by Crippen LogP contribution is -2.28. The van der Waals surface area contributed by atoms with Crippen LogP contribution in [0, 0.1) is 0 Å². The predicted octanol–water partition coefficient (Wildman–Crippen LogP) is 4.97. The predicted molar refractivity (Wildman–Crippen MR) is 131 cm³/mol. The third kappa shape index (κ3) is 5.69. The van der Waals surface area contributed by atoms with Crippen molar-refractivity contribution in [2.45, 2.75) is 6.42 Å². The molecule has 0 fully saturated rings. The molecule has 0 heterocycles. The number of nitrogens with one attached hydrogen (secondary N) is 3. The summed E-state index contributed by atoms with van der Waals surface area (Å²) in [4.78, 5) is 25.8. The third-order valence-electron chi connectivity index (χ3n) is 4.96. The number of para-hydroxylation sites is 1. The number of amides is 2. The smallest absolute Gasteiger partial charge is 0.255 e. The van der Waals surface area contributed by atoms with Gasteiger partial charge in [-0.2, -0.15) is 0 Å². The number of aromatic hydroxyl groups is 1. The van der Waals surface area contributed by atoms with Crippen molar-refractivity contribution in [3.63, 3.8) is 0 Å². The van der Waals surface area contributed by atoms with Crippen LogP contribution in [-0.4, -0.2) is 37.6 Å². The molecule has 0 bridgehead atoms. The molecule has 3 aromatic carbocycles. The van der Waals surface area contributed by atoms with Gasteiger partial charge in [0.2, 0.25) is 0 Å². The molecule has 0 saturated heterocycles. The maximum atomic E-state index is 13.1. The first-order valence-electron chi connectivity index (χ1n) is 10.1. The van der Waals surface area contributed by atoms with Crippen LogP contribution in [0.1, 0.15) is 26.3 Å². The second-order valence-corrected chi connectivity index (χ2v) is 7.85. The Morgan fingerprint density at radius 1 is 0.970 bits per heavy atom. The third-order valence-corrected chi connectivity index (χ3v) is 5.54. The van der Waals surface area contributed by atoms with Gasteiger partial charge in [0.15, 0.2) is 5.75 Å². The first-order valence-corrected chi connectivity index (χ1v) is 10.8. The van der Waals surface area contributed by atoms with Crippen LogP contribution in [0.5, 0.6) is 11.5 Å². The number of phenols is 1. The van der Waals surface area contributed by atoms with Gasteiger partial charge in [-0.1, -0.05) is 47.5 Å². The molecule has 0 spiro atoms. The highest BCUT2D eigenvalue weighted by Crippen LogP contribution is 2.33. The van der Waals surface area contributed by atoms with Gasteiger partial charge in [-0.25, -0.2) is 0 Å². The van der Waals surface area contributed by atoms with E-state index in [1.54, 1.807) is 32.4 Å². The lowest BCUT2D eigenvalue weighted by atomic mass is 10.1. The average Bonchev–Trinajstić information content (AvgIpc) is 2.82. The monoisotopic (exact) mass is 487 g/mol. The van der Waals surface area contributed by atoms with E-state index in [2.05, 4.69) is 16.0 Å². The van der Waals surface area contributed by atoms with Gasteiger partial charge in [0.05, 0.1) is 28.4 Å². The van der Waals surface area contributed by atoms with Crippen molar-refractivity contribution in [3.05, 3.63) is 81.3 Å². The van der Waals surface area contributed by atoms with Crippen LogP contribution in [0.2, 0.25) is 10.0 Å². The zero-order valence-corrected chi connectivity index (χ0v) is 19.6. The zero-order chi connectivity index (χ0) is 24.0. The number of carbonyl (C=O) groups excluding carboxylic acids is 2. The molecule has 0 aliphatic rings. The van der Waals surface area contributed by atoms with E-state index >= 15 is 0 Å². The van der Waals surface area contributed by atoms with Crippen molar-refractivity contribution in [2.24, 2.45) is 0 Å². The van der Waals surface area contributed by atoms with Crippen LogP contribution in [0.15, 0.2) is 54.6 Å². The Morgan fingerprint density at radius 3 is 2.30 bits per heavy atom. The van der Waals surface area contributed by atoms with Crippen LogP contribution in [-0.2, 0) is 6.42 Å². The number of rotatable bonds is 8. The quantitative estimate of drug-likeness (QED) is 0.359. The van der Waals surface area contributed by atoms with E-state index < -0.39 is 5.91 Å². The molecule has 3 aromatic rings. The van der Waals surface area contributed by atoms with Crippen LogP contribution in [0.3, 0.4) is 0 Å². The fraction of sp³-hybridized carbons (Fsp3) is 0.167. The molecular weight excluding hydrogens is 465 g/mol. The first-order chi connectivity index (χ1) is 15.8. The molecule has 3 rings (SSSR count). The fourth-order valence-electron chi connectivity index (χ4n) is 3.31. The van der Waals surface area contributed by atoms with E-state index in [0.717, 1.165) is 11.3 Å². The van der Waals surface area contributed by atoms with Gasteiger partial charge >= 0.3 is 0 Å². The highest BCUT2D eigenvalue weighted by atomic mass is 35.5. The number of carbonyl (C=O) groups is 2. The summed E-state index contributed by atoms with van der Waals surface area (Å²) in [5, 5.41) is 18.2. The minimum absolute atomic E-state index is 0.0501. The second kappa shape index (κ2) is 10.9. The van der Waals surface area contributed by atoms with E-state index in [-0.39, 0.29) is 32.8 Å². The Labute approximate surface area is 201 Å². The van der Waals surface area contributed by atoms with E-state index in [1.165, 1.54) is 12.1 Å². The number of methoxy groups -OCH3 is 1. The van der Waals surface area contributed by atoms with Gasteiger partial charge in [0.1, 0.15) is 5.75 Å². The molecule has 0 aliphatic heterocycles. The number of phenolic OH excluding ortho intramolecular Hbond substituents is 1. The molecule has 4 N–H and O–H groups in total. The Hall–Kier alpha value is -3.42. The molecule has 0 aliphatic carbocycles. The van der Waals surface area contributed by atoms with E-state index in [9.17, 15) is 14.7 Å². The van der Waals surface area contributed by atoms with Crippen molar-refractivity contribution in [1.82, 2.24) is 5.32 Å². The number of benzene rings is 3. The largest absolute Gasteiger partial charge is 0.505 e. The van der Waals surface area contributed by atoms with Crippen molar-refractivity contribution < 1.29 is 19.4 Å². The van der Waals surface area contributed by atoms with Gasteiger partial charge in [-0.05, 0) is 42.3 Å². The van der Waals surface area contributed by atoms with Crippen LogP contribution >= 0.6 is 23.2 Å². The lowest BCUT2D eigenvalue weighted by Gasteiger charge is -2.16. The summed E-state index contributed by atoms with van der Waals surface area (Å²) in [6, 6.07) is 15.3. The first kappa shape index (κ1) is 24.2. The summed E-state index contributed by atoms with van der Waals surface area (Å²) < 4.78 is 5.35. The summed E-state index contributed by atoms with van der Waals surface area (Å²) in [6.45, 7) is 0.369. The highest BCUT2D eigenvalue weighted by Gasteiger charge is 2.19. The van der Waals surface area contributed by atoms with Gasteiger partial charge in [0, 0.05) is 24.8 Å². The lowest BCUT2D eigenvalue weighted by molar-refractivity contribution is 0.0955. The van der Waals surface area contributed by atoms with Crippen molar-refractivity contribution in [2.75, 3.05) is 31.3 Å². The van der Waals surface area contributed by atoms with E-state index in [0.29, 0.717) is 24.3 Å². The molecule has 0 atom stereocenters. The zero-order valence-electron chi connectivity index (χ0n) is 18.0. The summed E-state index contributed by atoms with van der Waals surface area (Å²) in [6.07, 6.45) is 0.573. The molecule has 2 amide bonds. The Kier molecular flexibility index (Phi) is 8.03. The van der Waals surface area contributed by atoms with Crippen molar-refractivity contribution >= 4 is 46.4 Å². The minimum Gasteiger partial charge on any atom is -0.505 e. The van der Waals surface area contributed by atoms with Crippen molar-refractivity contribution in [3.8, 4) is 11.5 Å². The van der Waals surface area contributed by atoms with Crippen LogP contribution in [0.25, 0.3) is 0 Å². The Balaban J connectivity index is 1.79. The number of hydrogen-bond donors (Lipinski definition) is 4. The molecule has 0 unspecified atom stereocenters. The Morgan fingerprint density at radius 2 is 1.64 bits per heavy atom. The van der Waals surface area contributed by atoms with Gasteiger partial charge in [-0.15, -0.1) is 0 Å². The number of halogens is 2. The van der Waals surface area contributed by atoms with Crippen LogP contribution < -0.4 is 20.7 Å². The summed E-state index contributed by atoms with van der Waals surface area (Å²) >= 11 is 11.9. The number of ether oxygens (including phenoxy) is 1. The van der Waals surface area contributed by atoms with Crippen LogP contribution in [0.4, 0.5) is 11.4 Å². The van der Waals surface area contributed by atoms with Gasteiger partial charge in [-0.3, -0.25) is 9.59 Å². The number of hydrogen-bond acceptors (Lipinski definition) is 5. The van der Waals surface area contributed by atoms with E-state index in [4.69, 9.17) is 27.9 Å². The fourth-order valence-corrected chi connectivity index (χ4v) is 3.80.